The first-order valence-electron chi connectivity index (χ1n) is 14.4. The number of rotatable bonds is 7. The summed E-state index contributed by atoms with van der Waals surface area (Å²) in [5, 5.41) is 1.92. The Kier molecular flexibility index (Phi) is 7.35. The molecule has 2 aliphatic rings. The molecule has 1 aromatic heterocycles. The van der Waals surface area contributed by atoms with Crippen molar-refractivity contribution in [3.8, 4) is 0 Å². The molecule has 3 heterocycles. The molecule has 4 aromatic rings. The number of aliphatic imine (C=N–C) groups is 1. The molecule has 0 atom stereocenters. The second-order valence-electron chi connectivity index (χ2n) is 11.3. The highest BCUT2D eigenvalue weighted by molar-refractivity contribution is 8.18. The summed E-state index contributed by atoms with van der Waals surface area (Å²) in [7, 11) is 0. The van der Waals surface area contributed by atoms with Crippen LogP contribution in [0.15, 0.2) is 95.0 Å². The molecule has 6 rings (SSSR count). The van der Waals surface area contributed by atoms with Gasteiger partial charge in [0.25, 0.3) is 5.91 Å². The Balaban J connectivity index is 1.32. The van der Waals surface area contributed by atoms with E-state index in [1.807, 2.05) is 47.4 Å². The molecule has 0 bridgehead atoms. The van der Waals surface area contributed by atoms with Crippen LogP contribution in [-0.2, 0) is 11.2 Å². The Labute approximate surface area is 246 Å². The van der Waals surface area contributed by atoms with E-state index >= 15 is 0 Å². The number of carbonyl (C=O) groups is 1. The molecule has 3 aromatic carbocycles. The Hall–Kier alpha value is -4.03. The van der Waals surface area contributed by atoms with E-state index in [-0.39, 0.29) is 11.4 Å². The Morgan fingerprint density at radius 1 is 1.00 bits per heavy atom. The van der Waals surface area contributed by atoms with E-state index in [1.54, 1.807) is 0 Å². The van der Waals surface area contributed by atoms with Crippen LogP contribution in [0, 0.1) is 0 Å². The number of aromatic nitrogens is 1. The minimum absolute atomic E-state index is 0.00301. The van der Waals surface area contributed by atoms with Gasteiger partial charge >= 0.3 is 0 Å². The topological polar surface area (TPSA) is 51.7 Å². The van der Waals surface area contributed by atoms with E-state index in [4.69, 9.17) is 4.99 Å². The van der Waals surface area contributed by atoms with Gasteiger partial charge in [-0.3, -0.25) is 9.69 Å². The van der Waals surface area contributed by atoms with Crippen LogP contribution in [0.3, 0.4) is 0 Å². The highest BCUT2D eigenvalue weighted by Gasteiger charge is 2.34. The van der Waals surface area contributed by atoms with E-state index in [1.165, 1.54) is 39.5 Å². The predicted molar refractivity (Wildman–Crippen MR) is 175 cm³/mol. The standard InChI is InChI=1S/C35H36N4OS/c1-5-18-39-31-16-15-25(20-29(31)24(2)22-35(39,3)4)21-32-33(40)38(34(41-32)37-27-11-7-6-8-12-27)19-17-26-23-36-30-14-10-9-13-28(26)30/h6-16,20-23,36H,5,17-19H2,1-4H3/b32-21+,37-34?. The Morgan fingerprint density at radius 3 is 2.59 bits per heavy atom. The zero-order valence-corrected chi connectivity index (χ0v) is 25.0. The maximum absolute atomic E-state index is 13.8. The number of nitrogens with one attached hydrogen (secondary N) is 1. The van der Waals surface area contributed by atoms with Crippen LogP contribution in [0.25, 0.3) is 22.6 Å². The van der Waals surface area contributed by atoms with Gasteiger partial charge in [0.05, 0.1) is 16.1 Å². The number of carbonyl (C=O) groups excluding carboxylic acids is 1. The SMILES string of the molecule is CCCN1c2ccc(/C=C3/SC(=Nc4ccccc4)N(CCc4c[nH]c5ccccc45)C3=O)cc2C(C)=CC1(C)C. The van der Waals surface area contributed by atoms with Crippen LogP contribution in [0.2, 0.25) is 0 Å². The lowest BCUT2D eigenvalue weighted by molar-refractivity contribution is -0.122. The van der Waals surface area contributed by atoms with Gasteiger partial charge in [-0.2, -0.15) is 0 Å². The number of amides is 1. The maximum Gasteiger partial charge on any atom is 0.266 e. The van der Waals surface area contributed by atoms with E-state index < -0.39 is 0 Å². The minimum Gasteiger partial charge on any atom is -0.362 e. The van der Waals surface area contributed by atoms with Crippen molar-refractivity contribution in [3.05, 3.63) is 107 Å². The van der Waals surface area contributed by atoms with Crippen LogP contribution in [0.5, 0.6) is 0 Å². The fraction of sp³-hybridized carbons (Fsp3) is 0.257. The number of anilines is 1. The molecule has 0 spiro atoms. The minimum atomic E-state index is -0.0293. The summed E-state index contributed by atoms with van der Waals surface area (Å²) in [5.74, 6) is 0.00301. The molecule has 208 valence electrons. The van der Waals surface area contributed by atoms with Gasteiger partial charge in [-0.25, -0.2) is 4.99 Å². The summed E-state index contributed by atoms with van der Waals surface area (Å²) in [6, 6.07) is 24.7. The molecule has 41 heavy (non-hydrogen) atoms. The molecule has 0 saturated carbocycles. The molecule has 0 aliphatic carbocycles. The summed E-state index contributed by atoms with van der Waals surface area (Å²) in [6.45, 7) is 10.5. The monoisotopic (exact) mass is 560 g/mol. The van der Waals surface area contributed by atoms with Gasteiger partial charge in [-0.1, -0.05) is 55.5 Å². The third kappa shape index (κ3) is 5.36. The second kappa shape index (κ2) is 11.1. The number of thioether (sulfide) groups is 1. The lowest BCUT2D eigenvalue weighted by Crippen LogP contribution is -2.45. The average molecular weight is 561 g/mol. The van der Waals surface area contributed by atoms with Gasteiger partial charge in [-0.05, 0) is 98.5 Å². The summed E-state index contributed by atoms with van der Waals surface area (Å²) < 4.78 is 0. The van der Waals surface area contributed by atoms with Crippen molar-refractivity contribution < 1.29 is 4.79 Å². The molecule has 1 fully saturated rings. The molecular weight excluding hydrogens is 524 g/mol. The smallest absolute Gasteiger partial charge is 0.266 e. The highest BCUT2D eigenvalue weighted by Crippen LogP contribution is 2.41. The van der Waals surface area contributed by atoms with Crippen molar-refractivity contribution in [3.63, 3.8) is 0 Å². The third-order valence-corrected chi connectivity index (χ3v) is 8.90. The Morgan fingerprint density at radius 2 is 1.78 bits per heavy atom. The molecule has 1 N–H and O–H groups in total. The van der Waals surface area contributed by atoms with Gasteiger partial charge in [0.15, 0.2) is 5.17 Å². The van der Waals surface area contributed by atoms with Gasteiger partial charge in [-0.15, -0.1) is 0 Å². The molecule has 0 unspecified atom stereocenters. The van der Waals surface area contributed by atoms with Crippen LogP contribution >= 0.6 is 11.8 Å². The first kappa shape index (κ1) is 27.2. The van der Waals surface area contributed by atoms with Crippen molar-refractivity contribution in [1.29, 1.82) is 0 Å². The Bertz CT molecular complexity index is 1700. The maximum atomic E-state index is 13.8. The number of H-pyrrole nitrogens is 1. The van der Waals surface area contributed by atoms with Crippen LogP contribution in [-0.4, -0.2) is 39.6 Å². The van der Waals surface area contributed by atoms with Crippen molar-refractivity contribution in [2.75, 3.05) is 18.0 Å². The lowest BCUT2D eigenvalue weighted by atomic mass is 9.88. The lowest BCUT2D eigenvalue weighted by Gasteiger charge is -2.43. The summed E-state index contributed by atoms with van der Waals surface area (Å²) in [6.07, 6.45) is 8.26. The van der Waals surface area contributed by atoms with Crippen molar-refractivity contribution in [2.45, 2.75) is 46.1 Å². The molecular formula is C35H36N4OS. The normalized spacial score (nSPS) is 18.4. The quantitative estimate of drug-likeness (QED) is 0.231. The van der Waals surface area contributed by atoms with E-state index in [0.29, 0.717) is 11.4 Å². The fourth-order valence-electron chi connectivity index (χ4n) is 5.95. The number of nitrogens with zero attached hydrogens (tertiary/aromatic N) is 3. The van der Waals surface area contributed by atoms with Gasteiger partial charge in [0, 0.05) is 41.4 Å². The molecule has 1 saturated heterocycles. The summed E-state index contributed by atoms with van der Waals surface area (Å²) >= 11 is 1.46. The number of fused-ring (bicyclic) bond motifs is 2. The average Bonchev–Trinajstić information content (AvgIpc) is 3.50. The summed E-state index contributed by atoms with van der Waals surface area (Å²) in [4.78, 5) is 27.1. The molecule has 6 heteroatoms. The van der Waals surface area contributed by atoms with E-state index in [0.717, 1.165) is 41.3 Å². The predicted octanol–water partition coefficient (Wildman–Crippen LogP) is 8.43. The van der Waals surface area contributed by atoms with Gasteiger partial charge in [0.2, 0.25) is 0 Å². The number of aromatic amines is 1. The number of allylic oxidation sites excluding steroid dienone is 1. The zero-order chi connectivity index (χ0) is 28.6. The number of benzene rings is 3. The molecule has 2 aliphatic heterocycles. The van der Waals surface area contributed by atoms with Crippen molar-refractivity contribution in [2.24, 2.45) is 4.99 Å². The fourth-order valence-corrected chi connectivity index (χ4v) is 6.97. The van der Waals surface area contributed by atoms with Gasteiger partial charge in [0.1, 0.15) is 0 Å². The second-order valence-corrected chi connectivity index (χ2v) is 12.3. The molecule has 1 amide bonds. The van der Waals surface area contributed by atoms with Crippen molar-refractivity contribution in [1.82, 2.24) is 9.88 Å². The number of amidine groups is 1. The van der Waals surface area contributed by atoms with Crippen molar-refractivity contribution >= 4 is 56.8 Å². The van der Waals surface area contributed by atoms with Crippen LogP contribution in [0.4, 0.5) is 11.4 Å². The number of hydrogen-bond donors (Lipinski definition) is 1. The first-order chi connectivity index (χ1) is 19.8. The number of para-hydroxylation sites is 2. The van der Waals surface area contributed by atoms with E-state index in [9.17, 15) is 4.79 Å². The zero-order valence-electron chi connectivity index (χ0n) is 24.1. The summed E-state index contributed by atoms with van der Waals surface area (Å²) in [5.41, 5.74) is 7.92. The molecule has 0 radical (unpaired) electrons. The largest absolute Gasteiger partial charge is 0.362 e. The highest BCUT2D eigenvalue weighted by atomic mass is 32.2. The van der Waals surface area contributed by atoms with E-state index in [2.05, 4.69) is 86.2 Å². The van der Waals surface area contributed by atoms with Crippen LogP contribution < -0.4 is 4.90 Å². The first-order valence-corrected chi connectivity index (χ1v) is 15.2. The third-order valence-electron chi connectivity index (χ3n) is 7.90. The number of hydrogen-bond acceptors (Lipinski definition) is 4. The molecule has 5 nitrogen and oxygen atoms in total. The van der Waals surface area contributed by atoms with Gasteiger partial charge < -0.3 is 9.88 Å². The van der Waals surface area contributed by atoms with Crippen LogP contribution in [0.1, 0.15) is 50.8 Å².